The summed E-state index contributed by atoms with van der Waals surface area (Å²) in [5, 5.41) is 0. The van der Waals surface area contributed by atoms with Crippen molar-refractivity contribution in [1.82, 2.24) is 0 Å². The molecule has 0 aliphatic rings. The van der Waals surface area contributed by atoms with Crippen molar-refractivity contribution in [1.29, 1.82) is 0 Å². The molecule has 0 aromatic carbocycles. The second-order valence-corrected chi connectivity index (χ2v) is 4.66. The molecule has 0 N–H and O–H groups in total. The predicted octanol–water partition coefficient (Wildman–Crippen LogP) is -0.289. The Morgan fingerprint density at radius 3 is 1.90 bits per heavy atom. The molecule has 0 saturated heterocycles. The zero-order valence-corrected chi connectivity index (χ0v) is 8.66. The van der Waals surface area contributed by atoms with E-state index in [1.165, 1.54) is 0 Å². The van der Waals surface area contributed by atoms with Gasteiger partial charge in [0.1, 0.15) is 0 Å². The van der Waals surface area contributed by atoms with Gasteiger partial charge in [0.25, 0.3) is 0 Å². The molecule has 8 heteroatoms. The maximum absolute atomic E-state index is 11.3. The first-order chi connectivity index (χ1) is 4.27. The van der Waals surface area contributed by atoms with Crippen LogP contribution in [-0.4, -0.2) is 43.3 Å². The molecule has 10 heavy (non-hydrogen) atoms. The van der Waals surface area contributed by atoms with Gasteiger partial charge in [0.2, 0.25) is 0 Å². The Morgan fingerprint density at radius 1 is 1.40 bits per heavy atom. The van der Waals surface area contributed by atoms with E-state index >= 15 is 0 Å². The Labute approximate surface area is 69.3 Å². The minimum absolute atomic E-state index is 0.188. The van der Waals surface area contributed by atoms with E-state index in [9.17, 15) is 21.6 Å². The van der Waals surface area contributed by atoms with Crippen molar-refractivity contribution in [3.8, 4) is 0 Å². The molecule has 0 aliphatic carbocycles. The third kappa shape index (κ3) is 5.30. The van der Waals surface area contributed by atoms with E-state index < -0.39 is 22.0 Å². The van der Waals surface area contributed by atoms with Gasteiger partial charge in [-0.15, -0.1) is 0 Å². The van der Waals surface area contributed by atoms with E-state index in [1.807, 2.05) is 0 Å². The molecule has 0 atom stereocenters. The molecule has 3 nitrogen and oxygen atoms in total. The number of hydrogen-bond acceptors (Lipinski definition) is 3. The van der Waals surface area contributed by atoms with Crippen LogP contribution in [0.3, 0.4) is 0 Å². The summed E-state index contributed by atoms with van der Waals surface area (Å²) in [5.41, 5.74) is 0. The van der Waals surface area contributed by atoms with Gasteiger partial charge >= 0.3 is 69.1 Å². The van der Waals surface area contributed by atoms with E-state index in [0.29, 0.717) is 0 Å². The predicted molar refractivity (Wildman–Crippen MR) is 28.1 cm³/mol. The van der Waals surface area contributed by atoms with Gasteiger partial charge < -0.3 is 0 Å². The van der Waals surface area contributed by atoms with Crippen LogP contribution in [0.15, 0.2) is 0 Å². The molecule has 0 unspecified atom stereocenters. The Bertz CT molecular complexity index is 194. The Kier molecular flexibility index (Phi) is 3.43. The summed E-state index contributed by atoms with van der Waals surface area (Å²) in [4.78, 5) is 0. The normalized spacial score (nSPS) is 13.6. The Morgan fingerprint density at radius 2 is 1.80 bits per heavy atom. The zero-order valence-electron chi connectivity index (χ0n) is 4.55. The molecule has 0 amide bonds. The molecule has 0 aliphatic heterocycles. The van der Waals surface area contributed by atoms with Crippen LogP contribution >= 0.6 is 0 Å². The summed E-state index contributed by atoms with van der Waals surface area (Å²) in [6.07, 6.45) is -4.71. The first-order valence-corrected chi connectivity index (χ1v) is 4.87. The van der Waals surface area contributed by atoms with Crippen molar-refractivity contribution < 1.29 is 24.1 Å². The summed E-state index contributed by atoms with van der Waals surface area (Å²) >= 11 is -0.188. The molecule has 0 saturated carbocycles. The Hall–Kier alpha value is 0.499. The number of rotatable bonds is 2. The summed E-state index contributed by atoms with van der Waals surface area (Å²) in [6.45, 7) is 0. The van der Waals surface area contributed by atoms with Crippen LogP contribution in [0.25, 0.3) is 0 Å². The molecule has 0 aromatic heterocycles. The van der Waals surface area contributed by atoms with E-state index in [4.69, 9.17) is 0 Å². The van der Waals surface area contributed by atoms with Crippen molar-refractivity contribution in [2.75, 3.05) is 5.75 Å². The molecule has 0 heterocycles. The molecule has 0 bridgehead atoms. The van der Waals surface area contributed by atoms with Crippen LogP contribution in [0, 0.1) is 0 Å². The Balaban J connectivity index is 4.18. The number of alkyl halides is 3. The number of hydrogen-bond donors (Lipinski definition) is 0. The first kappa shape index (κ1) is 10.5. The van der Waals surface area contributed by atoms with Gasteiger partial charge in [0.15, 0.2) is 0 Å². The standard InChI is InChI=1S/C2H3F3O3S.Sn.H/c3-2(4,5)1-9(6,7)8;;/h1H2,(H,6,7,8);;/q;+1;/p-1. The van der Waals surface area contributed by atoms with E-state index in [1.54, 1.807) is 0 Å². The van der Waals surface area contributed by atoms with Crippen LogP contribution < -0.4 is 0 Å². The van der Waals surface area contributed by atoms with Crippen molar-refractivity contribution in [3.63, 3.8) is 0 Å². The fourth-order valence-corrected chi connectivity index (χ4v) is 1.29. The third-order valence-corrected chi connectivity index (χ3v) is 3.97. The molecule has 0 rings (SSSR count). The van der Waals surface area contributed by atoms with Crippen molar-refractivity contribution in [2.45, 2.75) is 6.18 Å². The molecular weight excluding hydrogens is 280 g/mol. The number of halogens is 3. The van der Waals surface area contributed by atoms with Gasteiger partial charge in [-0.25, -0.2) is 0 Å². The summed E-state index contributed by atoms with van der Waals surface area (Å²) < 4.78 is 57.8. The summed E-state index contributed by atoms with van der Waals surface area (Å²) in [7, 11) is -4.34. The van der Waals surface area contributed by atoms with E-state index in [0.717, 1.165) is 0 Å². The molecule has 60 valence electrons. The summed E-state index contributed by atoms with van der Waals surface area (Å²) in [6, 6.07) is 0. The third-order valence-electron chi connectivity index (χ3n) is 0.487. The summed E-state index contributed by atoms with van der Waals surface area (Å²) in [5.74, 6) is -1.90. The van der Waals surface area contributed by atoms with Crippen LogP contribution in [0.1, 0.15) is 0 Å². The molecular formula is C2H3F3O3SSn. The van der Waals surface area contributed by atoms with Crippen LogP contribution in [0.5, 0.6) is 0 Å². The SMILES string of the molecule is O=S(=O)(CC(F)(F)F)[O][SnH]. The van der Waals surface area contributed by atoms with Crippen molar-refractivity contribution >= 4 is 33.1 Å². The van der Waals surface area contributed by atoms with Crippen LogP contribution in [-0.2, 0) is 12.6 Å². The van der Waals surface area contributed by atoms with Gasteiger partial charge in [0.05, 0.1) is 0 Å². The van der Waals surface area contributed by atoms with Crippen molar-refractivity contribution in [3.05, 3.63) is 0 Å². The molecule has 2 radical (unpaired) electrons. The van der Waals surface area contributed by atoms with Crippen LogP contribution in [0.2, 0.25) is 0 Å². The average Bonchev–Trinajstić information content (AvgIpc) is 1.60. The maximum atomic E-state index is 11.3. The second-order valence-electron chi connectivity index (χ2n) is 1.41. The molecule has 0 spiro atoms. The van der Waals surface area contributed by atoms with Gasteiger partial charge in [-0.2, -0.15) is 0 Å². The fourth-order valence-electron chi connectivity index (χ4n) is 0.234. The monoisotopic (exact) mass is 284 g/mol. The second kappa shape index (κ2) is 3.26. The van der Waals surface area contributed by atoms with E-state index in [2.05, 4.69) is 2.52 Å². The zero-order chi connectivity index (χ0) is 8.41. The van der Waals surface area contributed by atoms with Gasteiger partial charge in [-0.3, -0.25) is 0 Å². The van der Waals surface area contributed by atoms with Crippen molar-refractivity contribution in [2.24, 2.45) is 0 Å². The van der Waals surface area contributed by atoms with Gasteiger partial charge in [0, 0.05) is 0 Å². The van der Waals surface area contributed by atoms with Crippen LogP contribution in [0.4, 0.5) is 13.2 Å². The van der Waals surface area contributed by atoms with Gasteiger partial charge in [-0.05, 0) is 0 Å². The van der Waals surface area contributed by atoms with Gasteiger partial charge in [-0.1, -0.05) is 0 Å². The molecule has 0 fully saturated rings. The first-order valence-electron chi connectivity index (χ1n) is 1.94. The fraction of sp³-hybridized carbons (Fsp3) is 1.00. The molecule has 0 aromatic rings. The minimum atomic E-state index is -4.71. The topological polar surface area (TPSA) is 43.4 Å². The quantitative estimate of drug-likeness (QED) is 0.654. The average molecular weight is 283 g/mol. The van der Waals surface area contributed by atoms with E-state index in [-0.39, 0.29) is 22.9 Å².